The third kappa shape index (κ3) is 7.42. The Morgan fingerprint density at radius 1 is 1.56 bits per heavy atom. The molecule has 0 heterocycles. The molecule has 0 saturated carbocycles. The number of rotatable bonds is 5. The molecule has 0 bridgehead atoms. The minimum atomic E-state index is -2.26. The maximum absolute atomic E-state index is 9.90. The molecule has 0 aliphatic heterocycles. The first-order valence-electron chi connectivity index (χ1n) is 2.47. The minimum absolute atomic E-state index is 0.158. The molecule has 0 fully saturated rings. The van der Waals surface area contributed by atoms with Crippen molar-refractivity contribution in [3.8, 4) is 0 Å². The minimum Gasteiger partial charge on any atom is -0.396 e. The van der Waals surface area contributed by atoms with E-state index < -0.39 is 10.7 Å². The molecule has 54 valence electrons. The summed E-state index contributed by atoms with van der Waals surface area (Å²) in [7, 11) is -2.26. The van der Waals surface area contributed by atoms with Crippen molar-refractivity contribution in [2.24, 2.45) is 5.16 Å². The molecule has 0 aromatic carbocycles. The van der Waals surface area contributed by atoms with Gasteiger partial charge in [0.1, 0.15) is 17.3 Å². The van der Waals surface area contributed by atoms with Gasteiger partial charge in [0.15, 0.2) is 0 Å². The smallest absolute Gasteiger partial charge is 0.140 e. The van der Waals surface area contributed by atoms with Crippen molar-refractivity contribution in [2.75, 3.05) is 12.4 Å². The molecule has 0 N–H and O–H groups in total. The third-order valence-corrected chi connectivity index (χ3v) is 1.35. The first kappa shape index (κ1) is 8.42. The zero-order chi connectivity index (χ0) is 7.11. The molecule has 0 aromatic rings. The summed E-state index contributed by atoms with van der Waals surface area (Å²) in [5.74, 6) is 0.158. The molecule has 0 amide bonds. The lowest BCUT2D eigenvalue weighted by molar-refractivity contribution is 0.148. The highest BCUT2D eigenvalue weighted by molar-refractivity contribution is 7.72. The summed E-state index contributed by atoms with van der Waals surface area (Å²) in [6.07, 6.45) is 0.484. The number of hydrogen-bond acceptors (Lipinski definition) is 4. The van der Waals surface area contributed by atoms with Gasteiger partial charge < -0.3 is 4.84 Å². The summed E-state index contributed by atoms with van der Waals surface area (Å²) < 4.78 is 19.8. The van der Waals surface area contributed by atoms with E-state index in [2.05, 4.69) is 16.7 Å². The number of oxime groups is 1. The van der Waals surface area contributed by atoms with E-state index in [1.165, 1.54) is 0 Å². The normalized spacial score (nSPS) is 9.44. The van der Waals surface area contributed by atoms with Crippen LogP contribution in [0.2, 0.25) is 0 Å². The van der Waals surface area contributed by atoms with Crippen LogP contribution in [0.3, 0.4) is 0 Å². The molecule has 0 unspecified atom stereocenters. The van der Waals surface area contributed by atoms with Gasteiger partial charge >= 0.3 is 0 Å². The van der Waals surface area contributed by atoms with Crippen molar-refractivity contribution in [1.82, 2.24) is 0 Å². The molecule has 0 radical (unpaired) electrons. The predicted molar refractivity (Wildman–Crippen MR) is 35.3 cm³/mol. The van der Waals surface area contributed by atoms with E-state index in [-0.39, 0.29) is 5.75 Å². The van der Waals surface area contributed by atoms with Crippen LogP contribution in [0.4, 0.5) is 0 Å². The summed E-state index contributed by atoms with van der Waals surface area (Å²) in [6.45, 7) is 3.38. The van der Waals surface area contributed by atoms with Gasteiger partial charge in [-0.1, -0.05) is 0 Å². The van der Waals surface area contributed by atoms with Crippen molar-refractivity contribution in [3.63, 3.8) is 0 Å². The van der Waals surface area contributed by atoms with Crippen LogP contribution < -0.4 is 0 Å². The zero-order valence-electron chi connectivity index (χ0n) is 4.95. The van der Waals surface area contributed by atoms with Gasteiger partial charge in [0.05, 0.1) is 5.75 Å². The average molecular weight is 151 g/mol. The molecule has 0 aromatic heterocycles. The molecule has 0 aliphatic carbocycles. The Morgan fingerprint density at radius 2 is 2.22 bits per heavy atom. The molecule has 0 rings (SSSR count). The third-order valence-electron chi connectivity index (χ3n) is 0.668. The van der Waals surface area contributed by atoms with Gasteiger partial charge in [0, 0.05) is 6.72 Å². The first-order valence-corrected chi connectivity index (χ1v) is 3.83. The van der Waals surface area contributed by atoms with Crippen molar-refractivity contribution in [3.05, 3.63) is 0 Å². The number of hydrogen-bond donors (Lipinski definition) is 1. The van der Waals surface area contributed by atoms with Crippen LogP contribution in [-0.2, 0) is 15.5 Å². The number of nitrogens with zero attached hydrogens (tertiary/aromatic N) is 1. The van der Waals surface area contributed by atoms with E-state index in [4.69, 9.17) is 0 Å². The SMILES string of the molecule is C=NOCCC[SH](=O)=O. The predicted octanol–water partition coefficient (Wildman–Crippen LogP) is -0.380. The van der Waals surface area contributed by atoms with Crippen molar-refractivity contribution >= 4 is 17.4 Å². The second-order valence-corrected chi connectivity index (χ2v) is 2.48. The van der Waals surface area contributed by atoms with E-state index in [1.54, 1.807) is 0 Å². The van der Waals surface area contributed by atoms with Crippen molar-refractivity contribution in [2.45, 2.75) is 6.42 Å². The van der Waals surface area contributed by atoms with E-state index in [0.29, 0.717) is 13.0 Å². The molecule has 9 heavy (non-hydrogen) atoms. The monoisotopic (exact) mass is 151 g/mol. The molecule has 4 nitrogen and oxygen atoms in total. The van der Waals surface area contributed by atoms with Crippen LogP contribution in [0.15, 0.2) is 5.16 Å². The fraction of sp³-hybridized carbons (Fsp3) is 0.750. The van der Waals surface area contributed by atoms with Gasteiger partial charge in [-0.15, -0.1) is 5.16 Å². The van der Waals surface area contributed by atoms with Crippen LogP contribution in [0.1, 0.15) is 6.42 Å². The average Bonchev–Trinajstić information content (AvgIpc) is 1.80. The van der Waals surface area contributed by atoms with Crippen LogP contribution in [-0.4, -0.2) is 27.5 Å². The largest absolute Gasteiger partial charge is 0.396 e. The van der Waals surface area contributed by atoms with E-state index in [1.807, 2.05) is 0 Å². The highest BCUT2D eigenvalue weighted by atomic mass is 32.2. The fourth-order valence-corrected chi connectivity index (χ4v) is 0.710. The van der Waals surface area contributed by atoms with E-state index in [9.17, 15) is 8.42 Å². The summed E-state index contributed by atoms with van der Waals surface area (Å²) in [4.78, 5) is 4.43. The van der Waals surface area contributed by atoms with Gasteiger partial charge in [-0.3, -0.25) is 0 Å². The topological polar surface area (TPSA) is 55.7 Å². The maximum Gasteiger partial charge on any atom is 0.140 e. The summed E-state index contributed by atoms with van der Waals surface area (Å²) >= 11 is 0. The zero-order valence-corrected chi connectivity index (χ0v) is 5.84. The van der Waals surface area contributed by atoms with E-state index in [0.717, 1.165) is 0 Å². The van der Waals surface area contributed by atoms with Crippen LogP contribution >= 0.6 is 0 Å². The van der Waals surface area contributed by atoms with Gasteiger partial charge in [-0.25, -0.2) is 8.42 Å². The Balaban J connectivity index is 3.00. The fourth-order valence-electron chi connectivity index (χ4n) is 0.323. The van der Waals surface area contributed by atoms with Gasteiger partial charge in [-0.2, -0.15) is 0 Å². The Kier molecular flexibility index (Phi) is 5.20. The quantitative estimate of drug-likeness (QED) is 0.252. The Bertz CT molecular complexity index is 135. The van der Waals surface area contributed by atoms with Gasteiger partial charge in [0.2, 0.25) is 0 Å². The van der Waals surface area contributed by atoms with Crippen molar-refractivity contribution < 1.29 is 13.3 Å². The Hall–Kier alpha value is -0.580. The molecular formula is C4H9NO3S. The molecule has 0 aliphatic rings. The summed E-state index contributed by atoms with van der Waals surface area (Å²) in [6, 6.07) is 0. The van der Waals surface area contributed by atoms with Crippen LogP contribution in [0.25, 0.3) is 0 Å². The highest BCUT2D eigenvalue weighted by Gasteiger charge is 1.87. The lowest BCUT2D eigenvalue weighted by Crippen LogP contribution is -1.93. The second kappa shape index (κ2) is 5.55. The summed E-state index contributed by atoms with van der Waals surface area (Å²) in [5, 5.41) is 3.09. The lowest BCUT2D eigenvalue weighted by atomic mass is 10.5. The molecule has 0 spiro atoms. The van der Waals surface area contributed by atoms with Crippen molar-refractivity contribution in [1.29, 1.82) is 0 Å². The Labute approximate surface area is 55.5 Å². The van der Waals surface area contributed by atoms with E-state index >= 15 is 0 Å². The van der Waals surface area contributed by atoms with Crippen LogP contribution in [0.5, 0.6) is 0 Å². The number of thiol groups is 1. The lowest BCUT2D eigenvalue weighted by Gasteiger charge is -1.91. The molecule has 5 heteroatoms. The summed E-state index contributed by atoms with van der Waals surface area (Å²) in [5.41, 5.74) is 0. The molecular weight excluding hydrogens is 142 g/mol. The van der Waals surface area contributed by atoms with Gasteiger partial charge in [0.25, 0.3) is 0 Å². The first-order chi connectivity index (χ1) is 4.27. The molecule has 0 atom stereocenters. The molecule has 0 saturated heterocycles. The standard InChI is InChI=1S/C4H9NO3S/c1-5-8-3-2-4-9(6)7/h9H,1-4H2. The second-order valence-electron chi connectivity index (χ2n) is 1.37. The maximum atomic E-state index is 9.90. The van der Waals surface area contributed by atoms with Crippen LogP contribution in [0, 0.1) is 0 Å². The highest BCUT2D eigenvalue weighted by Crippen LogP contribution is 1.81. The van der Waals surface area contributed by atoms with Gasteiger partial charge in [-0.05, 0) is 6.42 Å². The Morgan fingerprint density at radius 3 is 2.67 bits per heavy atom.